The summed E-state index contributed by atoms with van der Waals surface area (Å²) in [4.78, 5) is 21.0. The van der Waals surface area contributed by atoms with Crippen molar-refractivity contribution in [2.45, 2.75) is 6.18 Å². The van der Waals surface area contributed by atoms with E-state index in [1.54, 1.807) is 36.8 Å². The summed E-state index contributed by atoms with van der Waals surface area (Å²) in [6.07, 6.45) is 0.508. The maximum atomic E-state index is 12.8. The van der Waals surface area contributed by atoms with Gasteiger partial charge in [-0.15, -0.1) is 0 Å². The zero-order valence-corrected chi connectivity index (χ0v) is 15.1. The summed E-state index contributed by atoms with van der Waals surface area (Å²) < 4.78 is 39.3. The van der Waals surface area contributed by atoms with Gasteiger partial charge in [0.15, 0.2) is 5.69 Å². The molecule has 0 unspecified atom stereocenters. The van der Waals surface area contributed by atoms with E-state index < -0.39 is 17.8 Å². The first-order valence-corrected chi connectivity index (χ1v) is 8.54. The van der Waals surface area contributed by atoms with Crippen molar-refractivity contribution in [2.75, 3.05) is 5.32 Å². The van der Waals surface area contributed by atoms with Crippen molar-refractivity contribution in [1.82, 2.24) is 19.7 Å². The van der Waals surface area contributed by atoms with Gasteiger partial charge in [-0.25, -0.2) is 0 Å². The van der Waals surface area contributed by atoms with Gasteiger partial charge >= 0.3 is 6.18 Å². The van der Waals surface area contributed by atoms with Crippen LogP contribution in [0.4, 0.5) is 19.0 Å². The summed E-state index contributed by atoms with van der Waals surface area (Å²) >= 11 is 0. The van der Waals surface area contributed by atoms with Crippen molar-refractivity contribution < 1.29 is 18.0 Å². The molecule has 3 heterocycles. The molecule has 0 radical (unpaired) electrons. The lowest BCUT2D eigenvalue weighted by molar-refractivity contribution is -0.141. The van der Waals surface area contributed by atoms with E-state index in [0.29, 0.717) is 5.52 Å². The third-order valence-electron chi connectivity index (χ3n) is 4.35. The Hall–Kier alpha value is -3.75. The Morgan fingerprint density at radius 1 is 1.07 bits per heavy atom. The molecule has 9 heteroatoms. The van der Waals surface area contributed by atoms with Gasteiger partial charge in [-0.3, -0.25) is 19.4 Å². The van der Waals surface area contributed by atoms with Gasteiger partial charge in [0.1, 0.15) is 5.82 Å². The minimum Gasteiger partial charge on any atom is -0.307 e. The Balaban J connectivity index is 1.60. The molecular weight excluding hydrogens is 383 g/mol. The van der Waals surface area contributed by atoms with Gasteiger partial charge in [0.25, 0.3) is 5.91 Å². The number of amides is 1. The quantitative estimate of drug-likeness (QED) is 0.559. The molecule has 0 saturated carbocycles. The lowest BCUT2D eigenvalue weighted by Gasteiger charge is -2.07. The number of aryl methyl sites for hydroxylation is 1. The lowest BCUT2D eigenvalue weighted by Crippen LogP contribution is -2.14. The molecule has 0 saturated heterocycles. The molecule has 0 aliphatic carbocycles. The molecule has 0 aliphatic rings. The van der Waals surface area contributed by atoms with Crippen molar-refractivity contribution >= 4 is 22.6 Å². The van der Waals surface area contributed by atoms with E-state index in [2.05, 4.69) is 20.4 Å². The van der Waals surface area contributed by atoms with Crippen LogP contribution in [0.5, 0.6) is 0 Å². The second kappa shape index (κ2) is 7.01. The monoisotopic (exact) mass is 397 g/mol. The topological polar surface area (TPSA) is 72.7 Å². The predicted octanol–water partition coefficient (Wildman–Crippen LogP) is 4.30. The zero-order chi connectivity index (χ0) is 20.6. The van der Waals surface area contributed by atoms with Crippen LogP contribution in [0, 0.1) is 0 Å². The van der Waals surface area contributed by atoms with Crippen LogP contribution in [0.3, 0.4) is 0 Å². The number of aromatic nitrogens is 4. The second-order valence-corrected chi connectivity index (χ2v) is 6.36. The normalized spacial score (nSPS) is 11.6. The van der Waals surface area contributed by atoms with Crippen LogP contribution in [0.15, 0.2) is 61.1 Å². The van der Waals surface area contributed by atoms with E-state index >= 15 is 0 Å². The molecule has 146 valence electrons. The molecular formula is C20H14F3N5O. The predicted molar refractivity (Wildman–Crippen MR) is 101 cm³/mol. The first kappa shape index (κ1) is 18.6. The number of benzene rings is 1. The van der Waals surface area contributed by atoms with Crippen molar-refractivity contribution in [3.8, 4) is 11.1 Å². The number of nitrogens with zero attached hydrogens (tertiary/aromatic N) is 4. The number of nitrogens with one attached hydrogen (secondary N) is 1. The smallest absolute Gasteiger partial charge is 0.307 e. The fraction of sp³-hybridized carbons (Fsp3) is 0.100. The highest BCUT2D eigenvalue weighted by molar-refractivity contribution is 6.05. The number of carbonyl (C=O) groups excluding carboxylic acids is 1. The Labute approximate surface area is 163 Å². The average molecular weight is 397 g/mol. The van der Waals surface area contributed by atoms with Gasteiger partial charge in [0.2, 0.25) is 0 Å². The number of halogens is 3. The maximum absolute atomic E-state index is 12.8. The Morgan fingerprint density at radius 3 is 2.59 bits per heavy atom. The molecule has 0 atom stereocenters. The van der Waals surface area contributed by atoms with Gasteiger partial charge in [0.05, 0.1) is 5.52 Å². The summed E-state index contributed by atoms with van der Waals surface area (Å²) in [5, 5.41) is 6.64. The fourth-order valence-electron chi connectivity index (χ4n) is 2.87. The van der Waals surface area contributed by atoms with E-state index in [4.69, 9.17) is 0 Å². The van der Waals surface area contributed by atoms with E-state index in [1.807, 2.05) is 18.2 Å². The van der Waals surface area contributed by atoms with E-state index in [-0.39, 0.29) is 11.4 Å². The zero-order valence-electron chi connectivity index (χ0n) is 15.1. The number of alkyl halides is 3. The van der Waals surface area contributed by atoms with Crippen LogP contribution in [-0.2, 0) is 13.2 Å². The second-order valence-electron chi connectivity index (χ2n) is 6.36. The highest BCUT2D eigenvalue weighted by Crippen LogP contribution is 2.30. The SMILES string of the molecule is Cn1nc(C(F)(F)F)cc1NC(=O)c1ccc2cc(-c3cccnc3)cnc2c1. The lowest BCUT2D eigenvalue weighted by atomic mass is 10.1. The third-order valence-corrected chi connectivity index (χ3v) is 4.35. The number of carbonyl (C=O) groups is 1. The average Bonchev–Trinajstić information content (AvgIpc) is 3.08. The number of hydrogen-bond donors (Lipinski definition) is 1. The van der Waals surface area contributed by atoms with Crippen molar-refractivity contribution in [3.63, 3.8) is 0 Å². The number of fused-ring (bicyclic) bond motifs is 1. The largest absolute Gasteiger partial charge is 0.435 e. The van der Waals surface area contributed by atoms with Gasteiger partial charge in [-0.1, -0.05) is 12.1 Å². The van der Waals surface area contributed by atoms with Crippen molar-refractivity contribution in [1.29, 1.82) is 0 Å². The molecule has 4 rings (SSSR count). The molecule has 6 nitrogen and oxygen atoms in total. The molecule has 1 aromatic carbocycles. The minimum atomic E-state index is -4.58. The number of pyridine rings is 2. The van der Waals surface area contributed by atoms with Crippen LogP contribution >= 0.6 is 0 Å². The van der Waals surface area contributed by atoms with E-state index in [9.17, 15) is 18.0 Å². The molecule has 0 aliphatic heterocycles. The Bertz CT molecular complexity index is 1200. The molecule has 0 bridgehead atoms. The first-order valence-electron chi connectivity index (χ1n) is 8.54. The summed E-state index contributed by atoms with van der Waals surface area (Å²) in [6, 6.07) is 11.4. The summed E-state index contributed by atoms with van der Waals surface area (Å²) in [6.45, 7) is 0. The van der Waals surface area contributed by atoms with Crippen LogP contribution in [0.25, 0.3) is 22.0 Å². The minimum absolute atomic E-state index is 0.0534. The molecule has 0 fully saturated rings. The molecule has 1 N–H and O–H groups in total. The Kier molecular flexibility index (Phi) is 4.50. The summed E-state index contributed by atoms with van der Waals surface area (Å²) in [5.74, 6) is -0.607. The van der Waals surface area contributed by atoms with Crippen LogP contribution in [0.2, 0.25) is 0 Å². The standard InChI is InChI=1S/C20H14F3N5O/c1-28-18(9-17(27-28)20(21,22)23)26-19(29)13-5-4-12-7-15(11-25-16(12)8-13)14-3-2-6-24-10-14/h2-11H,1H3,(H,26,29). The van der Waals surface area contributed by atoms with Crippen LogP contribution in [-0.4, -0.2) is 25.7 Å². The van der Waals surface area contributed by atoms with Gasteiger partial charge in [-0.05, 0) is 24.3 Å². The maximum Gasteiger partial charge on any atom is 0.435 e. The highest BCUT2D eigenvalue weighted by atomic mass is 19.4. The van der Waals surface area contributed by atoms with Gasteiger partial charge in [-0.2, -0.15) is 18.3 Å². The first-order chi connectivity index (χ1) is 13.8. The number of rotatable bonds is 3. The van der Waals surface area contributed by atoms with Crippen LogP contribution < -0.4 is 5.32 Å². The van der Waals surface area contributed by atoms with E-state index in [1.165, 1.54) is 7.05 Å². The third kappa shape index (κ3) is 3.79. The highest BCUT2D eigenvalue weighted by Gasteiger charge is 2.34. The van der Waals surface area contributed by atoms with Gasteiger partial charge in [0, 0.05) is 53.8 Å². The Morgan fingerprint density at radius 2 is 1.90 bits per heavy atom. The van der Waals surface area contributed by atoms with E-state index in [0.717, 1.165) is 27.3 Å². The summed E-state index contributed by atoms with van der Waals surface area (Å²) in [5.41, 5.74) is 1.59. The molecule has 1 amide bonds. The van der Waals surface area contributed by atoms with Crippen molar-refractivity contribution in [2.24, 2.45) is 7.05 Å². The molecule has 0 spiro atoms. The number of anilines is 1. The number of hydrogen-bond acceptors (Lipinski definition) is 4. The molecule has 29 heavy (non-hydrogen) atoms. The van der Waals surface area contributed by atoms with Gasteiger partial charge < -0.3 is 5.32 Å². The van der Waals surface area contributed by atoms with Crippen molar-refractivity contribution in [3.05, 3.63) is 72.3 Å². The van der Waals surface area contributed by atoms with Crippen LogP contribution in [0.1, 0.15) is 16.1 Å². The molecule has 3 aromatic heterocycles. The molecule has 4 aromatic rings. The summed E-state index contributed by atoms with van der Waals surface area (Å²) in [7, 11) is 1.33. The fourth-order valence-corrected chi connectivity index (χ4v) is 2.87.